The van der Waals surface area contributed by atoms with E-state index in [-0.39, 0.29) is 24.9 Å². The first kappa shape index (κ1) is 19.3. The van der Waals surface area contributed by atoms with Gasteiger partial charge in [0.1, 0.15) is 12.4 Å². The summed E-state index contributed by atoms with van der Waals surface area (Å²) in [6.07, 6.45) is 2.97. The zero-order valence-electron chi connectivity index (χ0n) is 15.6. The van der Waals surface area contributed by atoms with E-state index >= 15 is 0 Å². The second-order valence-electron chi connectivity index (χ2n) is 6.49. The zero-order valence-corrected chi connectivity index (χ0v) is 15.6. The second kappa shape index (κ2) is 8.51. The summed E-state index contributed by atoms with van der Waals surface area (Å²) in [5.74, 6) is 0.475. The van der Waals surface area contributed by atoms with Crippen LogP contribution in [0.1, 0.15) is 12.5 Å². The lowest BCUT2D eigenvalue weighted by Gasteiger charge is -2.35. The summed E-state index contributed by atoms with van der Waals surface area (Å²) in [5.41, 5.74) is -0.291. The van der Waals surface area contributed by atoms with Gasteiger partial charge in [-0.05, 0) is 6.07 Å². The van der Waals surface area contributed by atoms with Crippen molar-refractivity contribution < 1.29 is 9.59 Å². The molecule has 1 saturated heterocycles. The van der Waals surface area contributed by atoms with Crippen molar-refractivity contribution in [3.05, 3.63) is 57.0 Å². The normalized spacial score (nSPS) is 14.0. The summed E-state index contributed by atoms with van der Waals surface area (Å²) < 4.78 is 1.13. The molecule has 10 nitrogen and oxygen atoms in total. The monoisotopic (exact) mass is 386 g/mol. The van der Waals surface area contributed by atoms with Gasteiger partial charge < -0.3 is 15.1 Å². The number of nitrogens with one attached hydrogen (secondary N) is 2. The minimum Gasteiger partial charge on any atom is -0.353 e. The molecular weight excluding hydrogens is 364 g/mol. The first-order chi connectivity index (χ1) is 13.4. The van der Waals surface area contributed by atoms with Crippen LogP contribution in [-0.2, 0) is 22.7 Å². The second-order valence-corrected chi connectivity index (χ2v) is 6.49. The highest BCUT2D eigenvalue weighted by molar-refractivity contribution is 5.76. The van der Waals surface area contributed by atoms with Crippen molar-refractivity contribution in [2.24, 2.45) is 0 Å². The number of pyridine rings is 1. The first-order valence-corrected chi connectivity index (χ1v) is 8.95. The van der Waals surface area contributed by atoms with Crippen molar-refractivity contribution >= 4 is 17.6 Å². The quantitative estimate of drug-likeness (QED) is 0.674. The van der Waals surface area contributed by atoms with Crippen LogP contribution in [-0.4, -0.2) is 57.4 Å². The number of hydrogen-bond acceptors (Lipinski definition) is 6. The lowest BCUT2D eigenvalue weighted by molar-refractivity contribution is -0.129. The van der Waals surface area contributed by atoms with Gasteiger partial charge in [-0.3, -0.25) is 23.9 Å². The number of H-pyrrole nitrogens is 1. The average molecular weight is 386 g/mol. The fraction of sp³-hybridized carbons (Fsp3) is 0.389. The van der Waals surface area contributed by atoms with Crippen LogP contribution in [0.2, 0.25) is 0 Å². The van der Waals surface area contributed by atoms with E-state index in [1.54, 1.807) is 24.1 Å². The highest BCUT2D eigenvalue weighted by Gasteiger charge is 2.21. The first-order valence-electron chi connectivity index (χ1n) is 8.95. The van der Waals surface area contributed by atoms with Crippen LogP contribution in [0, 0.1) is 0 Å². The molecule has 3 heterocycles. The maximum atomic E-state index is 12.2. The SMILES string of the molecule is CC(=O)N1CCN(c2ncccc2CNC(=O)Cn2ccc(=O)[nH]c2=O)CC1. The Hall–Kier alpha value is -3.43. The molecule has 2 amide bonds. The van der Waals surface area contributed by atoms with Gasteiger partial charge in [0.2, 0.25) is 11.8 Å². The van der Waals surface area contributed by atoms with Crippen LogP contribution in [0.3, 0.4) is 0 Å². The summed E-state index contributed by atoms with van der Waals surface area (Å²) in [6.45, 7) is 4.23. The molecule has 10 heteroatoms. The molecule has 1 aliphatic heterocycles. The van der Waals surface area contributed by atoms with E-state index in [0.29, 0.717) is 26.2 Å². The number of piperazine rings is 1. The lowest BCUT2D eigenvalue weighted by atomic mass is 10.2. The third-order valence-electron chi connectivity index (χ3n) is 4.58. The smallest absolute Gasteiger partial charge is 0.328 e. The molecule has 0 aliphatic carbocycles. The lowest BCUT2D eigenvalue weighted by Crippen LogP contribution is -2.48. The maximum absolute atomic E-state index is 12.2. The van der Waals surface area contributed by atoms with Gasteiger partial charge in [-0.2, -0.15) is 0 Å². The highest BCUT2D eigenvalue weighted by atomic mass is 16.2. The predicted molar refractivity (Wildman–Crippen MR) is 102 cm³/mol. The number of hydrogen-bond donors (Lipinski definition) is 2. The van der Waals surface area contributed by atoms with Crippen molar-refractivity contribution in [2.75, 3.05) is 31.1 Å². The van der Waals surface area contributed by atoms with Crippen molar-refractivity contribution in [3.8, 4) is 0 Å². The Morgan fingerprint density at radius 2 is 1.93 bits per heavy atom. The molecule has 0 aromatic carbocycles. The number of anilines is 1. The topological polar surface area (TPSA) is 120 Å². The highest BCUT2D eigenvalue weighted by Crippen LogP contribution is 2.19. The van der Waals surface area contributed by atoms with Gasteiger partial charge in [0.15, 0.2) is 0 Å². The number of aromatic amines is 1. The fourth-order valence-electron chi connectivity index (χ4n) is 3.06. The Morgan fingerprint density at radius 1 is 1.18 bits per heavy atom. The van der Waals surface area contributed by atoms with Crippen LogP contribution in [0.4, 0.5) is 5.82 Å². The number of amides is 2. The minimum absolute atomic E-state index is 0.0608. The third-order valence-corrected chi connectivity index (χ3v) is 4.58. The van der Waals surface area contributed by atoms with E-state index < -0.39 is 11.2 Å². The fourth-order valence-corrected chi connectivity index (χ4v) is 3.06. The molecule has 1 aliphatic rings. The summed E-state index contributed by atoms with van der Waals surface area (Å²) in [4.78, 5) is 56.8. The standard InChI is InChI=1S/C18H22N6O4/c1-13(25)22-7-9-23(10-8-22)17-14(3-2-5-19-17)11-20-16(27)12-24-6-4-15(26)21-18(24)28/h2-6H,7-12H2,1H3,(H,20,27)(H,21,26,28). The van der Waals surface area contributed by atoms with Crippen LogP contribution >= 0.6 is 0 Å². The molecular formula is C18H22N6O4. The van der Waals surface area contributed by atoms with Gasteiger partial charge >= 0.3 is 5.69 Å². The number of carbonyl (C=O) groups excluding carboxylic acids is 2. The van der Waals surface area contributed by atoms with E-state index in [1.165, 1.54) is 12.3 Å². The van der Waals surface area contributed by atoms with Crippen LogP contribution < -0.4 is 21.5 Å². The summed E-state index contributed by atoms with van der Waals surface area (Å²) >= 11 is 0. The van der Waals surface area contributed by atoms with Gasteiger partial charge in [0.05, 0.1) is 0 Å². The van der Waals surface area contributed by atoms with Gasteiger partial charge in [-0.25, -0.2) is 9.78 Å². The van der Waals surface area contributed by atoms with Gasteiger partial charge in [-0.1, -0.05) is 6.07 Å². The number of rotatable bonds is 5. The Bertz CT molecular complexity index is 974. The minimum atomic E-state index is -0.631. The Kier molecular flexibility index (Phi) is 5.87. The van der Waals surface area contributed by atoms with Crippen LogP contribution in [0.5, 0.6) is 0 Å². The molecule has 0 saturated carbocycles. The van der Waals surface area contributed by atoms with E-state index in [0.717, 1.165) is 15.9 Å². The van der Waals surface area contributed by atoms with Crippen LogP contribution in [0.15, 0.2) is 40.2 Å². The van der Waals surface area contributed by atoms with E-state index in [2.05, 4.69) is 20.2 Å². The van der Waals surface area contributed by atoms with Crippen molar-refractivity contribution in [1.29, 1.82) is 0 Å². The van der Waals surface area contributed by atoms with E-state index in [9.17, 15) is 19.2 Å². The molecule has 0 spiro atoms. The van der Waals surface area contributed by atoms with Crippen molar-refractivity contribution in [1.82, 2.24) is 24.8 Å². The summed E-state index contributed by atoms with van der Waals surface area (Å²) in [5, 5.41) is 2.77. The number of carbonyl (C=O) groups is 2. The third kappa shape index (κ3) is 4.64. The van der Waals surface area contributed by atoms with Crippen molar-refractivity contribution in [2.45, 2.75) is 20.0 Å². The maximum Gasteiger partial charge on any atom is 0.328 e. The number of nitrogens with zero attached hydrogens (tertiary/aromatic N) is 4. The summed E-state index contributed by atoms with van der Waals surface area (Å²) in [7, 11) is 0. The molecule has 148 valence electrons. The number of aromatic nitrogens is 3. The molecule has 0 bridgehead atoms. The average Bonchev–Trinajstić information content (AvgIpc) is 2.69. The van der Waals surface area contributed by atoms with Crippen molar-refractivity contribution in [3.63, 3.8) is 0 Å². The van der Waals surface area contributed by atoms with E-state index in [1.807, 2.05) is 6.07 Å². The molecule has 3 rings (SSSR count). The Morgan fingerprint density at radius 3 is 2.61 bits per heavy atom. The molecule has 28 heavy (non-hydrogen) atoms. The molecule has 0 unspecified atom stereocenters. The molecule has 2 N–H and O–H groups in total. The molecule has 0 atom stereocenters. The largest absolute Gasteiger partial charge is 0.353 e. The summed E-state index contributed by atoms with van der Waals surface area (Å²) in [6, 6.07) is 4.87. The zero-order chi connectivity index (χ0) is 20.1. The van der Waals surface area contributed by atoms with Crippen LogP contribution in [0.25, 0.3) is 0 Å². The molecule has 2 aromatic rings. The molecule has 2 aromatic heterocycles. The molecule has 1 fully saturated rings. The molecule has 0 radical (unpaired) electrons. The Labute approximate surface area is 160 Å². The predicted octanol–water partition coefficient (Wildman–Crippen LogP) is -1.08. The van der Waals surface area contributed by atoms with Gasteiger partial charge in [0, 0.05) is 63.7 Å². The van der Waals surface area contributed by atoms with Gasteiger partial charge in [0.25, 0.3) is 5.56 Å². The van der Waals surface area contributed by atoms with E-state index in [4.69, 9.17) is 0 Å². The Balaban J connectivity index is 1.62. The van der Waals surface area contributed by atoms with Gasteiger partial charge in [-0.15, -0.1) is 0 Å².